The molecule has 1 aromatic heterocycles. The molecule has 10 nitrogen and oxygen atoms in total. The first-order valence-corrected chi connectivity index (χ1v) is 31.9. The Labute approximate surface area is 472 Å². The van der Waals surface area contributed by atoms with Crippen LogP contribution in [0.25, 0.3) is 0 Å². The van der Waals surface area contributed by atoms with Crippen molar-refractivity contribution in [3.05, 3.63) is 87.5 Å². The van der Waals surface area contributed by atoms with E-state index in [9.17, 15) is 14.7 Å². The van der Waals surface area contributed by atoms with E-state index in [0.717, 1.165) is 106 Å². The summed E-state index contributed by atoms with van der Waals surface area (Å²) in [6, 6.07) is 10.5. The van der Waals surface area contributed by atoms with Crippen molar-refractivity contribution < 1.29 is 33.4 Å². The molecule has 12 aliphatic rings. The number of amides is 1. The van der Waals surface area contributed by atoms with E-state index in [1.165, 1.54) is 81.0 Å². The highest BCUT2D eigenvalue weighted by Gasteiger charge is 2.63. The molecule has 4 saturated heterocycles. The Morgan fingerprint density at radius 3 is 2.04 bits per heavy atom. The number of aliphatic hydroxyl groups excluding tert-OH is 1. The van der Waals surface area contributed by atoms with Gasteiger partial charge in [0.1, 0.15) is 12.9 Å². The third-order valence-corrected chi connectivity index (χ3v) is 24.9. The number of halogens is 1. The molecule has 8 aliphatic carbocycles. The molecule has 0 radical (unpaired) electrons. The van der Waals surface area contributed by atoms with Crippen LogP contribution in [0.1, 0.15) is 175 Å². The first kappa shape index (κ1) is 55.1. The zero-order valence-electron chi connectivity index (χ0n) is 48.8. The van der Waals surface area contributed by atoms with Gasteiger partial charge in [-0.25, -0.2) is 4.79 Å². The van der Waals surface area contributed by atoms with E-state index in [1.54, 1.807) is 11.1 Å². The molecule has 20 atom stereocenters. The number of carbonyl (C=O) groups is 2. The second-order valence-electron chi connectivity index (χ2n) is 28.7. The molecule has 14 rings (SSSR count). The van der Waals surface area contributed by atoms with E-state index in [0.29, 0.717) is 71.7 Å². The quantitative estimate of drug-likeness (QED) is 0.131. The maximum absolute atomic E-state index is 13.5. The van der Waals surface area contributed by atoms with Gasteiger partial charge >= 0.3 is 6.09 Å². The van der Waals surface area contributed by atoms with Gasteiger partial charge < -0.3 is 34.1 Å². The molecule has 4 aliphatic heterocycles. The number of fused-ring (bicyclic) bond motifs is 13. The Balaban J connectivity index is 0.000000156. The van der Waals surface area contributed by atoms with Crippen molar-refractivity contribution in [2.75, 3.05) is 19.5 Å². The Morgan fingerprint density at radius 2 is 1.38 bits per heavy atom. The summed E-state index contributed by atoms with van der Waals surface area (Å²) >= 11 is 4.64. The van der Waals surface area contributed by atoms with Crippen molar-refractivity contribution in [1.82, 2.24) is 15.4 Å². The maximum atomic E-state index is 13.5. The largest absolute Gasteiger partial charge is 0.515 e. The standard InChI is InChI=1S/C37H49NO5.C29H42N2O2.CH3Cl/c1-22-14-33-34(38(19-22)35(41)42-21-25-8-6-5-7-9-25)24(3)37(43-33)13-12-28-29-11-10-27-15-32(40)26(20-39)18-36(27,4)31(29)16-30(28)23(2)17-37;1-16-9-26-27(30-14-16)18(3)29(33-26)8-7-21-22-6-5-20-10-25-19(15-32-31-25)13-28(20,4)24(22)11-23(21)17(2)12-29;1-2/h5-9,20,22,24,27-29,31,33-34,39H,10-19,21H2,1-4H3;15-16,18,20-22,24,26-27,30H,5-14H2,1-4H3;1H3/b26-20-;;/t22-,24+,27+,28-,29-,31-,33+,34-,36-,37-;16-,18+,20+,21-,22-,24-,26+,27-,28-,29-;/m00./s1. The summed E-state index contributed by atoms with van der Waals surface area (Å²) in [5, 5.41) is 18.0. The molecule has 5 heterocycles. The van der Waals surface area contributed by atoms with Crippen LogP contribution in [-0.2, 0) is 38.5 Å². The minimum Gasteiger partial charge on any atom is -0.515 e. The van der Waals surface area contributed by atoms with Crippen molar-refractivity contribution in [3.8, 4) is 0 Å². The molecule has 78 heavy (non-hydrogen) atoms. The highest BCUT2D eigenvalue weighted by Crippen LogP contribution is 2.67. The molecule has 1 aromatic carbocycles. The summed E-state index contributed by atoms with van der Waals surface area (Å²) in [7, 11) is 0. The zero-order chi connectivity index (χ0) is 54.6. The van der Waals surface area contributed by atoms with Crippen molar-refractivity contribution in [2.24, 2.45) is 81.8 Å². The van der Waals surface area contributed by atoms with E-state index in [2.05, 4.69) is 77.5 Å². The van der Waals surface area contributed by atoms with E-state index < -0.39 is 0 Å². The molecule has 2 N–H and O–H groups in total. The number of aliphatic hydroxyl groups is 1. The first-order valence-electron chi connectivity index (χ1n) is 31.1. The van der Waals surface area contributed by atoms with Gasteiger partial charge in [0.2, 0.25) is 0 Å². The van der Waals surface area contributed by atoms with Crippen LogP contribution in [0.4, 0.5) is 4.79 Å². The van der Waals surface area contributed by atoms with Gasteiger partial charge in [-0.05, 0) is 205 Å². The summed E-state index contributed by atoms with van der Waals surface area (Å²) in [5.74, 6) is 7.56. The smallest absolute Gasteiger partial charge is 0.410 e. The third-order valence-electron chi connectivity index (χ3n) is 24.9. The molecular weight excluding hydrogens is 994 g/mol. The minimum atomic E-state index is -0.251. The number of ether oxygens (including phenoxy) is 3. The number of hydrogen-bond donors (Lipinski definition) is 2. The van der Waals surface area contributed by atoms with Crippen molar-refractivity contribution in [2.45, 2.75) is 213 Å². The molecule has 426 valence electrons. The molecule has 2 aromatic rings. The van der Waals surface area contributed by atoms with Gasteiger partial charge in [-0.3, -0.25) is 4.79 Å². The summed E-state index contributed by atoms with van der Waals surface area (Å²) in [5.41, 5.74) is 11.2. The number of aromatic nitrogens is 1. The van der Waals surface area contributed by atoms with E-state index in [4.69, 9.17) is 18.7 Å². The lowest BCUT2D eigenvalue weighted by Crippen LogP contribution is -2.54. The minimum absolute atomic E-state index is 0.0424. The highest BCUT2D eigenvalue weighted by molar-refractivity contribution is 6.15. The average molecular weight is 1090 g/mol. The normalized spacial score (nSPS) is 45.4. The fraction of sp³-hybridized carbons (Fsp3) is 0.746. The maximum Gasteiger partial charge on any atom is 0.410 e. The number of benzene rings is 1. The monoisotopic (exact) mass is 1090 g/mol. The molecule has 0 bridgehead atoms. The predicted molar refractivity (Wildman–Crippen MR) is 306 cm³/mol. The number of ketones is 1. The van der Waals surface area contributed by atoms with Crippen LogP contribution in [-0.4, -0.2) is 82.0 Å². The van der Waals surface area contributed by atoms with Crippen LogP contribution in [0.3, 0.4) is 0 Å². The molecule has 11 heteroatoms. The topological polar surface area (TPSA) is 123 Å². The summed E-state index contributed by atoms with van der Waals surface area (Å²) in [6.07, 6.45) is 25.0. The van der Waals surface area contributed by atoms with Gasteiger partial charge in [0.25, 0.3) is 0 Å². The van der Waals surface area contributed by atoms with E-state index >= 15 is 0 Å². The van der Waals surface area contributed by atoms with Gasteiger partial charge in [0.05, 0.1) is 41.4 Å². The fourth-order valence-corrected chi connectivity index (χ4v) is 20.9. The van der Waals surface area contributed by atoms with Crippen LogP contribution < -0.4 is 5.32 Å². The van der Waals surface area contributed by atoms with Gasteiger partial charge in [-0.2, -0.15) is 0 Å². The number of carbonyl (C=O) groups excluding carboxylic acids is 2. The van der Waals surface area contributed by atoms with Crippen LogP contribution in [0, 0.1) is 81.8 Å². The summed E-state index contributed by atoms with van der Waals surface area (Å²) in [6.45, 7) is 21.4. The predicted octanol–water partition coefficient (Wildman–Crippen LogP) is 14.3. The van der Waals surface area contributed by atoms with Gasteiger partial charge in [0, 0.05) is 48.4 Å². The summed E-state index contributed by atoms with van der Waals surface area (Å²) in [4.78, 5) is 28.2. The lowest BCUT2D eigenvalue weighted by Gasteiger charge is -2.52. The van der Waals surface area contributed by atoms with E-state index in [1.807, 2.05) is 47.1 Å². The summed E-state index contributed by atoms with van der Waals surface area (Å²) < 4.78 is 25.5. The Morgan fingerprint density at radius 1 is 0.782 bits per heavy atom. The number of allylic oxidation sites excluding steroid dienone is 3. The molecular formula is C67H94ClN3O7. The number of nitrogens with zero attached hydrogens (tertiary/aromatic N) is 2. The third kappa shape index (κ3) is 9.06. The number of hydrogen-bond acceptors (Lipinski definition) is 9. The number of rotatable bonds is 2. The highest BCUT2D eigenvalue weighted by atomic mass is 35.5. The average Bonchev–Trinajstić information content (AvgIpc) is 4.16. The lowest BCUT2D eigenvalue weighted by molar-refractivity contribution is -0.124. The lowest BCUT2D eigenvalue weighted by atomic mass is 9.51. The fourth-order valence-electron chi connectivity index (χ4n) is 20.9. The van der Waals surface area contributed by atoms with Crippen molar-refractivity contribution in [3.63, 3.8) is 0 Å². The number of likely N-dealkylation sites (tertiary alicyclic amines) is 1. The number of alkyl halides is 1. The van der Waals surface area contributed by atoms with Gasteiger partial charge in [0.15, 0.2) is 5.78 Å². The molecule has 0 unspecified atom stereocenters. The van der Waals surface area contributed by atoms with Gasteiger partial charge in [-0.1, -0.05) is 99.3 Å². The van der Waals surface area contributed by atoms with Crippen LogP contribution in [0.15, 0.2) is 75.2 Å². The van der Waals surface area contributed by atoms with Gasteiger partial charge in [-0.15, -0.1) is 11.6 Å². The number of nitrogens with one attached hydrogen (secondary N) is 1. The van der Waals surface area contributed by atoms with Crippen LogP contribution in [0.5, 0.6) is 0 Å². The van der Waals surface area contributed by atoms with Crippen LogP contribution in [0.2, 0.25) is 0 Å². The molecule has 2 spiro atoms. The second-order valence-corrected chi connectivity index (χ2v) is 28.7. The van der Waals surface area contributed by atoms with Crippen molar-refractivity contribution >= 4 is 23.5 Å². The first-order chi connectivity index (χ1) is 37.5. The Hall–Kier alpha value is -3.44. The van der Waals surface area contributed by atoms with Crippen molar-refractivity contribution in [1.29, 1.82) is 0 Å². The Kier molecular flexibility index (Phi) is 14.9. The zero-order valence-corrected chi connectivity index (χ0v) is 49.6. The molecule has 5 saturated carbocycles. The van der Waals surface area contributed by atoms with Crippen LogP contribution >= 0.6 is 11.6 Å². The second kappa shape index (κ2) is 21.1. The number of piperidine rings is 2. The van der Waals surface area contributed by atoms with E-state index in [-0.39, 0.29) is 46.6 Å². The Bertz CT molecular complexity index is 2680. The molecule has 1 amide bonds. The molecule has 9 fully saturated rings. The number of Topliss-reactive ketones (excluding diaryl/α,β-unsaturated/α-hetero) is 1. The SMILES string of the molecule is CC1=C2C[C@H]3[C@@H](CC[C@@H]4CC(=O)/C(=C\O)C[C@@]43C)[C@@H]2CC[C@@]2(C1)O[C@@H]1C[C@H](C)CN(C(=O)OCc3ccccc3)[C@H]1[C@H]2C.CC1=C2C[C@H]3[C@@H](CC[C@@H]4Cc5nocc5C[C@@]43C)[C@@H]2CC[C@@]2(C1)O[C@@H]1C[C@H](C)CN[C@H]1[C@H]2C.CCl.